The Labute approximate surface area is 132 Å². The maximum Gasteiger partial charge on any atom is 0.181 e. The van der Waals surface area contributed by atoms with Crippen molar-refractivity contribution in [1.29, 1.82) is 0 Å². The minimum Gasteiger partial charge on any atom is -0.394 e. The number of hydrogen-bond donors (Lipinski definition) is 4. The highest BCUT2D eigenvalue weighted by Crippen LogP contribution is 2.44. The minimum absolute atomic E-state index is 0.0475. The summed E-state index contributed by atoms with van der Waals surface area (Å²) < 4.78 is 5.60. The van der Waals surface area contributed by atoms with Gasteiger partial charge in [-0.1, -0.05) is 0 Å². The molecule has 4 aliphatic rings. The van der Waals surface area contributed by atoms with E-state index in [1.807, 2.05) is 6.92 Å². The molecule has 2 bridgehead atoms. The van der Waals surface area contributed by atoms with Crippen LogP contribution in [0.1, 0.15) is 13.3 Å². The molecule has 126 valence electrons. The molecule has 10 heteroatoms. The van der Waals surface area contributed by atoms with Crippen LogP contribution in [-0.4, -0.2) is 87.1 Å². The number of hydrazone groups is 1. The number of ether oxygens (including phenoxy) is 1. The Hall–Kier alpha value is -1.59. The average molecular weight is 324 g/mol. The fourth-order valence-corrected chi connectivity index (χ4v) is 3.72. The molecular formula is C13H20N6O4. The van der Waals surface area contributed by atoms with Crippen LogP contribution in [0.25, 0.3) is 0 Å². The summed E-state index contributed by atoms with van der Waals surface area (Å²) in [5, 5.41) is 37.1. The summed E-state index contributed by atoms with van der Waals surface area (Å²) in [7, 11) is 0. The second-order valence-electron chi connectivity index (χ2n) is 6.44. The molecule has 0 aromatic carbocycles. The summed E-state index contributed by atoms with van der Waals surface area (Å²) in [5.74, 6) is 7.31. The fourth-order valence-electron chi connectivity index (χ4n) is 3.72. The Bertz CT molecular complexity index is 609. The van der Waals surface area contributed by atoms with Crippen LogP contribution in [0.3, 0.4) is 0 Å². The molecule has 0 radical (unpaired) electrons. The van der Waals surface area contributed by atoms with Gasteiger partial charge in [0.15, 0.2) is 6.23 Å². The lowest BCUT2D eigenvalue weighted by molar-refractivity contribution is -0.0750. The highest BCUT2D eigenvalue weighted by atomic mass is 16.6. The molecule has 0 aliphatic carbocycles. The summed E-state index contributed by atoms with van der Waals surface area (Å²) >= 11 is 0. The topological polar surface area (TPSA) is 140 Å². The second kappa shape index (κ2) is 4.95. The van der Waals surface area contributed by atoms with Crippen LogP contribution in [0.4, 0.5) is 0 Å². The van der Waals surface area contributed by atoms with Gasteiger partial charge < -0.3 is 20.1 Å². The fraction of sp³-hybridized carbons (Fsp3) is 0.769. The van der Waals surface area contributed by atoms with Crippen molar-refractivity contribution in [2.24, 2.45) is 26.3 Å². The maximum atomic E-state index is 10.3. The zero-order valence-corrected chi connectivity index (χ0v) is 12.6. The molecular weight excluding hydrogens is 304 g/mol. The zero-order valence-electron chi connectivity index (χ0n) is 12.6. The van der Waals surface area contributed by atoms with Gasteiger partial charge in [-0.25, -0.2) is 15.8 Å². The predicted molar refractivity (Wildman–Crippen MR) is 80.4 cm³/mol. The van der Waals surface area contributed by atoms with Crippen molar-refractivity contribution in [3.8, 4) is 0 Å². The SMILES string of the molecule is CC1N=CN=C2N(C3O[C@H](CO)[C@@H](O)[C@H]3O)N=C3CC21CN3N. The van der Waals surface area contributed by atoms with Crippen molar-refractivity contribution < 1.29 is 20.1 Å². The van der Waals surface area contributed by atoms with Crippen LogP contribution in [0.5, 0.6) is 0 Å². The molecule has 10 nitrogen and oxygen atoms in total. The largest absolute Gasteiger partial charge is 0.394 e. The predicted octanol–water partition coefficient (Wildman–Crippen LogP) is -2.55. The van der Waals surface area contributed by atoms with Gasteiger partial charge in [-0.15, -0.1) is 0 Å². The molecule has 1 spiro atoms. The van der Waals surface area contributed by atoms with E-state index in [4.69, 9.17) is 10.6 Å². The third-order valence-electron chi connectivity index (χ3n) is 5.17. The molecule has 4 heterocycles. The number of nitrogens with zero attached hydrogens (tertiary/aromatic N) is 5. The molecule has 0 saturated carbocycles. The van der Waals surface area contributed by atoms with E-state index < -0.39 is 36.6 Å². The van der Waals surface area contributed by atoms with E-state index in [0.717, 1.165) is 0 Å². The van der Waals surface area contributed by atoms with Crippen molar-refractivity contribution in [3.63, 3.8) is 0 Å². The number of aliphatic hydroxyl groups is 3. The summed E-state index contributed by atoms with van der Waals surface area (Å²) in [4.78, 5) is 8.74. The molecule has 3 unspecified atom stereocenters. The Balaban J connectivity index is 1.75. The average Bonchev–Trinajstić information content (AvgIpc) is 2.97. The first kappa shape index (κ1) is 15.0. The van der Waals surface area contributed by atoms with Crippen molar-refractivity contribution >= 4 is 18.0 Å². The van der Waals surface area contributed by atoms with Crippen molar-refractivity contribution in [2.75, 3.05) is 13.2 Å². The van der Waals surface area contributed by atoms with Gasteiger partial charge in [0, 0.05) is 6.42 Å². The Kier molecular flexibility index (Phi) is 3.22. The first-order valence-electron chi connectivity index (χ1n) is 7.59. The molecule has 2 fully saturated rings. The molecule has 0 aromatic heterocycles. The Morgan fingerprint density at radius 3 is 2.91 bits per heavy atom. The number of amidine groups is 2. The lowest BCUT2D eigenvalue weighted by Crippen LogP contribution is -2.56. The number of aliphatic imine (C=N–C) groups is 2. The lowest BCUT2D eigenvalue weighted by Gasteiger charge is -2.42. The molecule has 0 amide bonds. The normalized spacial score (nSPS) is 45.2. The number of nitrogens with two attached hydrogens (primary N) is 1. The van der Waals surface area contributed by atoms with E-state index >= 15 is 0 Å². The number of aliphatic hydroxyl groups excluding tert-OH is 3. The molecule has 5 N–H and O–H groups in total. The van der Waals surface area contributed by atoms with Gasteiger partial charge in [-0.05, 0) is 6.92 Å². The van der Waals surface area contributed by atoms with E-state index in [1.165, 1.54) is 11.3 Å². The summed E-state index contributed by atoms with van der Waals surface area (Å²) in [5.41, 5.74) is -0.425. The highest BCUT2D eigenvalue weighted by Gasteiger charge is 2.58. The highest BCUT2D eigenvalue weighted by molar-refractivity contribution is 6.04. The number of rotatable bonds is 2. The summed E-state index contributed by atoms with van der Waals surface area (Å²) in [6, 6.07) is -0.0475. The van der Waals surface area contributed by atoms with Crippen LogP contribution >= 0.6 is 0 Å². The molecule has 4 aliphatic heterocycles. The standard InChI is InChI=1S/C13H20N6O4/c1-6-13-2-8(18(14)4-13)17-19(12(13)16-5-15-6)11-10(22)9(21)7(3-20)23-11/h5-7,9-11,20-22H,2-4,14H2,1H3/t6?,7-,9-,10-,11?,13?/m1/s1. The summed E-state index contributed by atoms with van der Waals surface area (Å²) in [6.07, 6.45) is -2.11. The van der Waals surface area contributed by atoms with Crippen molar-refractivity contribution in [2.45, 2.75) is 43.9 Å². The van der Waals surface area contributed by atoms with Crippen LogP contribution in [0, 0.1) is 5.41 Å². The van der Waals surface area contributed by atoms with Crippen molar-refractivity contribution in [3.05, 3.63) is 0 Å². The van der Waals surface area contributed by atoms with E-state index in [-0.39, 0.29) is 6.04 Å². The van der Waals surface area contributed by atoms with Gasteiger partial charge in [0.05, 0.1) is 24.6 Å². The van der Waals surface area contributed by atoms with E-state index in [9.17, 15) is 15.3 Å². The van der Waals surface area contributed by atoms with Gasteiger partial charge in [-0.3, -0.25) is 10.0 Å². The maximum absolute atomic E-state index is 10.3. The number of hydrazine groups is 1. The van der Waals surface area contributed by atoms with Crippen molar-refractivity contribution in [1.82, 2.24) is 10.0 Å². The van der Waals surface area contributed by atoms with E-state index in [2.05, 4.69) is 15.1 Å². The van der Waals surface area contributed by atoms with Crippen LogP contribution in [0.15, 0.2) is 15.1 Å². The second-order valence-corrected chi connectivity index (χ2v) is 6.44. The van der Waals surface area contributed by atoms with Gasteiger partial charge in [0.1, 0.15) is 36.3 Å². The summed E-state index contributed by atoms with van der Waals surface area (Å²) in [6.45, 7) is 2.12. The first-order chi connectivity index (χ1) is 11.0. The van der Waals surface area contributed by atoms with E-state index in [0.29, 0.717) is 24.6 Å². The van der Waals surface area contributed by atoms with E-state index in [1.54, 1.807) is 5.01 Å². The zero-order chi connectivity index (χ0) is 16.4. The Morgan fingerprint density at radius 2 is 2.22 bits per heavy atom. The minimum atomic E-state index is -1.21. The van der Waals surface area contributed by atoms with Gasteiger partial charge >= 0.3 is 0 Å². The number of hydrogen-bond acceptors (Lipinski definition) is 10. The molecule has 6 atom stereocenters. The molecule has 2 saturated heterocycles. The van der Waals surface area contributed by atoms with Gasteiger partial charge in [-0.2, -0.15) is 5.10 Å². The third kappa shape index (κ3) is 1.90. The third-order valence-corrected chi connectivity index (χ3v) is 5.17. The van der Waals surface area contributed by atoms with Gasteiger partial charge in [0.25, 0.3) is 0 Å². The molecule has 0 aromatic rings. The Morgan fingerprint density at radius 1 is 1.43 bits per heavy atom. The van der Waals surface area contributed by atoms with Crippen LogP contribution < -0.4 is 5.84 Å². The number of fused-ring (bicyclic) bond motifs is 1. The van der Waals surface area contributed by atoms with Gasteiger partial charge in [0.2, 0.25) is 0 Å². The molecule has 23 heavy (non-hydrogen) atoms. The monoisotopic (exact) mass is 324 g/mol. The van der Waals surface area contributed by atoms with Crippen LogP contribution in [0.2, 0.25) is 0 Å². The quantitative estimate of drug-likeness (QED) is 0.410. The molecule has 4 rings (SSSR count). The lowest BCUT2D eigenvalue weighted by atomic mass is 9.77. The first-order valence-corrected chi connectivity index (χ1v) is 7.59. The smallest absolute Gasteiger partial charge is 0.181 e. The van der Waals surface area contributed by atoms with Crippen LogP contribution in [-0.2, 0) is 4.74 Å².